The van der Waals surface area contributed by atoms with Gasteiger partial charge in [0.1, 0.15) is 11.2 Å². The van der Waals surface area contributed by atoms with Gasteiger partial charge in [-0.25, -0.2) is 5.06 Å². The molecule has 0 N–H and O–H groups in total. The second-order valence-electron chi connectivity index (χ2n) is 10.9. The van der Waals surface area contributed by atoms with Crippen LogP contribution in [0.4, 0.5) is 0 Å². The van der Waals surface area contributed by atoms with Crippen molar-refractivity contribution in [1.29, 1.82) is 0 Å². The molecular formula is C28H50BrMgNO7. The SMILES string of the molecule is C=CC(=O)[C@H](CC(=O)OC(C)(C)C)C(C)C.CON(C)C(=O)[C@H](CC(=O)OC(C)(C)C)C(C)C.[Br-].[CH-]=C.[Mg+2]. The Morgan fingerprint density at radius 1 is 0.816 bits per heavy atom. The first kappa shape index (κ1) is 46.6. The molecular weight excluding hydrogens is 567 g/mol. The van der Waals surface area contributed by atoms with Crippen LogP contribution in [0.5, 0.6) is 0 Å². The van der Waals surface area contributed by atoms with Crippen LogP contribution in [0.1, 0.15) is 82.1 Å². The van der Waals surface area contributed by atoms with Gasteiger partial charge in [-0.2, -0.15) is 0 Å². The molecule has 10 heteroatoms. The van der Waals surface area contributed by atoms with Gasteiger partial charge in [0.05, 0.1) is 25.9 Å². The number of amides is 1. The zero-order valence-corrected chi connectivity index (χ0v) is 28.7. The molecule has 0 radical (unpaired) electrons. The molecule has 0 rings (SSSR count). The second kappa shape index (κ2) is 22.6. The summed E-state index contributed by atoms with van der Waals surface area (Å²) in [4.78, 5) is 51.7. The summed E-state index contributed by atoms with van der Waals surface area (Å²) in [6.07, 6.45) is 1.47. The topological polar surface area (TPSA) is 99.2 Å². The molecule has 0 aliphatic rings. The Bertz CT molecular complexity index is 713. The third-order valence-corrected chi connectivity index (χ3v) is 4.69. The van der Waals surface area contributed by atoms with Crippen molar-refractivity contribution in [2.75, 3.05) is 14.2 Å². The van der Waals surface area contributed by atoms with E-state index < -0.39 is 17.1 Å². The molecule has 0 spiro atoms. The molecule has 0 unspecified atom stereocenters. The van der Waals surface area contributed by atoms with Gasteiger partial charge in [-0.05, 0) is 59.5 Å². The van der Waals surface area contributed by atoms with Gasteiger partial charge in [0.2, 0.25) is 5.91 Å². The molecule has 2 atom stereocenters. The van der Waals surface area contributed by atoms with E-state index in [1.165, 1.54) is 20.2 Å². The van der Waals surface area contributed by atoms with Crippen LogP contribution in [0.15, 0.2) is 19.2 Å². The fraction of sp³-hybridized carbons (Fsp3) is 0.714. The molecule has 0 aromatic heterocycles. The average Bonchev–Trinajstić information content (AvgIpc) is 2.73. The monoisotopic (exact) mass is 615 g/mol. The molecule has 0 saturated heterocycles. The summed E-state index contributed by atoms with van der Waals surface area (Å²) < 4.78 is 10.4. The number of hydrogen-bond acceptors (Lipinski definition) is 7. The van der Waals surface area contributed by atoms with E-state index in [1.807, 2.05) is 48.5 Å². The number of ether oxygens (including phenoxy) is 2. The van der Waals surface area contributed by atoms with Crippen molar-refractivity contribution < 1.29 is 50.5 Å². The molecule has 0 aromatic carbocycles. The predicted octanol–water partition coefficient (Wildman–Crippen LogP) is 1.98. The van der Waals surface area contributed by atoms with Crippen LogP contribution in [0, 0.1) is 30.3 Å². The summed E-state index contributed by atoms with van der Waals surface area (Å²) in [6.45, 7) is 28.9. The Morgan fingerprint density at radius 2 is 1.13 bits per heavy atom. The zero-order chi connectivity index (χ0) is 29.4. The quantitative estimate of drug-likeness (QED) is 0.122. The molecule has 0 aliphatic heterocycles. The van der Waals surface area contributed by atoms with Gasteiger partial charge in [0.25, 0.3) is 0 Å². The molecule has 0 aromatic rings. The van der Waals surface area contributed by atoms with Crippen LogP contribution in [-0.2, 0) is 33.5 Å². The molecule has 0 fully saturated rings. The van der Waals surface area contributed by atoms with Crippen LogP contribution < -0.4 is 17.0 Å². The standard InChI is InChI=1S/C13H25NO4.C13H22O3.C2H3.BrH.Mg/c1-9(2)10(12(16)14(6)17-7)8-11(15)18-13(3,4)5;1-7-11(14)10(9(2)3)8-12(15)16-13(4,5)6;1-2;;/h9-10H,8H2,1-7H3;7,9-10H,1,8H2,2-6H3;1H,2H2;1H;/q;;-1;;+2/p-1/t2*10-;;;/m11.../s1. The minimum atomic E-state index is -0.533. The summed E-state index contributed by atoms with van der Waals surface area (Å²) in [5, 5.41) is 1.15. The molecule has 1 amide bonds. The Labute approximate surface area is 258 Å². The van der Waals surface area contributed by atoms with Gasteiger partial charge in [-0.15, -0.1) is 0 Å². The van der Waals surface area contributed by atoms with Gasteiger partial charge < -0.3 is 33.0 Å². The van der Waals surface area contributed by atoms with Gasteiger partial charge >= 0.3 is 35.0 Å². The minimum absolute atomic E-state index is 0. The van der Waals surface area contributed by atoms with Crippen molar-refractivity contribution in [2.45, 2.75) is 93.3 Å². The Morgan fingerprint density at radius 3 is 1.37 bits per heavy atom. The number of ketones is 1. The Balaban J connectivity index is -0.000000172. The number of halogens is 1. The third-order valence-electron chi connectivity index (χ3n) is 4.69. The number of hydroxylamine groups is 2. The fourth-order valence-corrected chi connectivity index (χ4v) is 2.87. The van der Waals surface area contributed by atoms with Gasteiger partial charge in [-0.3, -0.25) is 30.6 Å². The molecule has 38 heavy (non-hydrogen) atoms. The largest absolute Gasteiger partial charge is 2.00 e. The number of hydrogen-bond donors (Lipinski definition) is 0. The van der Waals surface area contributed by atoms with Crippen LogP contribution in [-0.4, -0.2) is 77.1 Å². The average molecular weight is 617 g/mol. The van der Waals surface area contributed by atoms with Gasteiger partial charge in [0, 0.05) is 13.0 Å². The van der Waals surface area contributed by atoms with Crippen molar-refractivity contribution in [3.05, 3.63) is 25.8 Å². The van der Waals surface area contributed by atoms with Crippen molar-refractivity contribution in [1.82, 2.24) is 5.06 Å². The van der Waals surface area contributed by atoms with Crippen molar-refractivity contribution >= 4 is 46.7 Å². The molecule has 0 saturated carbocycles. The zero-order valence-electron chi connectivity index (χ0n) is 25.7. The number of carbonyl (C=O) groups is 4. The summed E-state index contributed by atoms with van der Waals surface area (Å²) in [5.74, 6) is -1.60. The van der Waals surface area contributed by atoms with E-state index in [2.05, 4.69) is 19.7 Å². The van der Waals surface area contributed by atoms with E-state index in [1.54, 1.807) is 20.8 Å². The second-order valence-corrected chi connectivity index (χ2v) is 10.9. The number of nitrogens with zero attached hydrogens (tertiary/aromatic N) is 1. The normalized spacial score (nSPS) is 12.1. The van der Waals surface area contributed by atoms with Gasteiger partial charge in [-0.1, -0.05) is 34.3 Å². The summed E-state index contributed by atoms with van der Waals surface area (Å²) in [6, 6.07) is 0. The van der Waals surface area contributed by atoms with Crippen LogP contribution in [0.3, 0.4) is 0 Å². The Kier molecular flexibility index (Phi) is 27.7. The van der Waals surface area contributed by atoms with E-state index in [0.717, 1.165) is 5.06 Å². The first-order valence-corrected chi connectivity index (χ1v) is 12.1. The smallest absolute Gasteiger partial charge is 1.00 e. The minimum Gasteiger partial charge on any atom is -1.00 e. The van der Waals surface area contributed by atoms with Crippen LogP contribution in [0.25, 0.3) is 0 Å². The molecule has 0 bridgehead atoms. The first-order valence-electron chi connectivity index (χ1n) is 12.1. The maximum atomic E-state index is 12.0. The maximum absolute atomic E-state index is 12.0. The first-order chi connectivity index (χ1) is 16.3. The Hall–Kier alpha value is -1.23. The number of rotatable bonds is 10. The van der Waals surface area contributed by atoms with E-state index >= 15 is 0 Å². The predicted molar refractivity (Wildman–Crippen MR) is 148 cm³/mol. The van der Waals surface area contributed by atoms with E-state index in [-0.39, 0.29) is 94.3 Å². The number of allylic oxidation sites excluding steroid dienone is 1. The number of carbonyl (C=O) groups excluding carboxylic acids is 4. The van der Waals surface area contributed by atoms with E-state index in [9.17, 15) is 19.2 Å². The van der Waals surface area contributed by atoms with Crippen molar-refractivity contribution in [3.63, 3.8) is 0 Å². The summed E-state index contributed by atoms with van der Waals surface area (Å²) >= 11 is 0. The molecule has 8 nitrogen and oxygen atoms in total. The van der Waals surface area contributed by atoms with E-state index in [0.29, 0.717) is 0 Å². The van der Waals surface area contributed by atoms with Crippen molar-refractivity contribution in [2.24, 2.45) is 23.7 Å². The maximum Gasteiger partial charge on any atom is 2.00 e. The molecule has 0 heterocycles. The van der Waals surface area contributed by atoms with Gasteiger partial charge in [0.15, 0.2) is 5.78 Å². The summed E-state index contributed by atoms with van der Waals surface area (Å²) in [7, 11) is 2.95. The molecule has 218 valence electrons. The fourth-order valence-electron chi connectivity index (χ4n) is 2.87. The molecule has 0 aliphatic carbocycles. The summed E-state index contributed by atoms with van der Waals surface area (Å²) in [5.41, 5.74) is -1.04. The third kappa shape index (κ3) is 23.9. The van der Waals surface area contributed by atoms with Crippen molar-refractivity contribution in [3.8, 4) is 0 Å². The van der Waals surface area contributed by atoms with E-state index in [4.69, 9.17) is 14.3 Å². The van der Waals surface area contributed by atoms with Crippen LogP contribution in [0.2, 0.25) is 0 Å². The van der Waals surface area contributed by atoms with Crippen LogP contribution >= 0.6 is 0 Å². The number of esters is 2.